The Morgan fingerprint density at radius 1 is 1.09 bits per heavy atom. The number of para-hydroxylation sites is 1. The van der Waals surface area contributed by atoms with Gasteiger partial charge >= 0.3 is 0 Å². The molecule has 0 aliphatic carbocycles. The van der Waals surface area contributed by atoms with E-state index in [0.29, 0.717) is 5.75 Å². The Morgan fingerprint density at radius 3 is 2.59 bits per heavy atom. The molecule has 112 valence electrons. The van der Waals surface area contributed by atoms with E-state index in [1.54, 1.807) is 25.5 Å². The molecular formula is C17H17N3O2. The molecule has 0 aliphatic rings. The monoisotopic (exact) mass is 295 g/mol. The van der Waals surface area contributed by atoms with Gasteiger partial charge in [-0.15, -0.1) is 0 Å². The zero-order valence-electron chi connectivity index (χ0n) is 12.3. The van der Waals surface area contributed by atoms with Crippen molar-refractivity contribution >= 4 is 18.3 Å². The summed E-state index contributed by atoms with van der Waals surface area (Å²) in [6, 6.07) is 16.9. The second-order valence-electron chi connectivity index (χ2n) is 4.42. The molecule has 0 bridgehead atoms. The van der Waals surface area contributed by atoms with Crippen molar-refractivity contribution in [2.24, 2.45) is 10.1 Å². The van der Waals surface area contributed by atoms with E-state index in [0.717, 1.165) is 11.1 Å². The molecule has 22 heavy (non-hydrogen) atoms. The van der Waals surface area contributed by atoms with Crippen LogP contribution < -0.4 is 10.2 Å². The third kappa shape index (κ3) is 4.86. The van der Waals surface area contributed by atoms with E-state index in [1.165, 1.54) is 0 Å². The normalized spacial score (nSPS) is 11.0. The Morgan fingerprint density at radius 2 is 1.82 bits per heavy atom. The van der Waals surface area contributed by atoms with Gasteiger partial charge in [-0.3, -0.25) is 9.79 Å². The minimum absolute atomic E-state index is 0.110. The van der Waals surface area contributed by atoms with Crippen LogP contribution in [0.15, 0.2) is 64.7 Å². The summed E-state index contributed by atoms with van der Waals surface area (Å²) in [5.74, 6) is 0.283. The highest BCUT2D eigenvalue weighted by atomic mass is 16.5. The average Bonchev–Trinajstić information content (AvgIpc) is 2.55. The lowest BCUT2D eigenvalue weighted by Crippen LogP contribution is -2.24. The molecule has 0 heterocycles. The summed E-state index contributed by atoms with van der Waals surface area (Å²) in [5.41, 5.74) is 4.16. The Labute approximate surface area is 129 Å². The van der Waals surface area contributed by atoms with E-state index >= 15 is 0 Å². The van der Waals surface area contributed by atoms with Crippen molar-refractivity contribution in [2.45, 2.75) is 0 Å². The van der Waals surface area contributed by atoms with Gasteiger partial charge in [0, 0.05) is 18.8 Å². The molecule has 0 radical (unpaired) electrons. The smallest absolute Gasteiger partial charge is 0.277 e. The summed E-state index contributed by atoms with van der Waals surface area (Å²) in [6.45, 7) is -0.110. The minimum atomic E-state index is -0.324. The molecule has 2 rings (SSSR count). The fourth-order valence-electron chi connectivity index (χ4n) is 1.75. The van der Waals surface area contributed by atoms with Gasteiger partial charge < -0.3 is 4.74 Å². The highest BCUT2D eigenvalue weighted by Gasteiger charge is 2.04. The van der Waals surface area contributed by atoms with Crippen LogP contribution in [-0.2, 0) is 4.79 Å². The molecule has 1 amide bonds. The van der Waals surface area contributed by atoms with Gasteiger partial charge in [0.1, 0.15) is 5.75 Å². The quantitative estimate of drug-likeness (QED) is 0.656. The number of rotatable bonds is 6. The largest absolute Gasteiger partial charge is 0.483 e. The zero-order chi connectivity index (χ0) is 15.6. The lowest BCUT2D eigenvalue weighted by molar-refractivity contribution is -0.123. The molecule has 5 heteroatoms. The number of amides is 1. The van der Waals surface area contributed by atoms with Crippen molar-refractivity contribution in [1.29, 1.82) is 0 Å². The summed E-state index contributed by atoms with van der Waals surface area (Å²) < 4.78 is 5.48. The van der Waals surface area contributed by atoms with Gasteiger partial charge in [-0.1, -0.05) is 42.5 Å². The molecule has 0 saturated carbocycles. The molecular weight excluding hydrogens is 278 g/mol. The first kappa shape index (κ1) is 15.4. The third-order valence-corrected chi connectivity index (χ3v) is 2.75. The van der Waals surface area contributed by atoms with Crippen molar-refractivity contribution < 1.29 is 9.53 Å². The van der Waals surface area contributed by atoms with Crippen molar-refractivity contribution in [3.8, 4) is 5.75 Å². The van der Waals surface area contributed by atoms with Crippen LogP contribution in [0, 0.1) is 0 Å². The zero-order valence-corrected chi connectivity index (χ0v) is 12.3. The first-order valence-corrected chi connectivity index (χ1v) is 6.80. The number of hydrogen-bond donors (Lipinski definition) is 1. The maximum atomic E-state index is 11.7. The van der Waals surface area contributed by atoms with Crippen LogP contribution in [0.3, 0.4) is 0 Å². The highest BCUT2D eigenvalue weighted by Crippen LogP contribution is 2.15. The predicted molar refractivity (Wildman–Crippen MR) is 87.6 cm³/mol. The number of nitrogens with zero attached hydrogens (tertiary/aromatic N) is 2. The van der Waals surface area contributed by atoms with Gasteiger partial charge in [-0.2, -0.15) is 5.10 Å². The van der Waals surface area contributed by atoms with E-state index in [1.807, 2.05) is 48.5 Å². The fraction of sp³-hybridized carbons (Fsp3) is 0.118. The summed E-state index contributed by atoms with van der Waals surface area (Å²) >= 11 is 0. The van der Waals surface area contributed by atoms with Crippen molar-refractivity contribution in [3.05, 3.63) is 65.7 Å². The maximum absolute atomic E-state index is 11.7. The third-order valence-electron chi connectivity index (χ3n) is 2.75. The van der Waals surface area contributed by atoms with Crippen LogP contribution in [0.4, 0.5) is 0 Å². The number of aliphatic imine (C=N–C) groups is 1. The Hall–Kier alpha value is -2.95. The van der Waals surface area contributed by atoms with Crippen LogP contribution in [0.1, 0.15) is 11.1 Å². The van der Waals surface area contributed by atoms with Gasteiger partial charge in [-0.25, -0.2) is 5.43 Å². The summed E-state index contributed by atoms with van der Waals surface area (Å²) in [5, 5.41) is 3.88. The second-order valence-corrected chi connectivity index (χ2v) is 4.42. The Kier molecular flexibility index (Phi) is 5.87. The van der Waals surface area contributed by atoms with E-state index < -0.39 is 0 Å². The van der Waals surface area contributed by atoms with Crippen LogP contribution >= 0.6 is 0 Å². The molecule has 2 aromatic carbocycles. The Bertz CT molecular complexity index is 667. The van der Waals surface area contributed by atoms with E-state index in [2.05, 4.69) is 15.5 Å². The minimum Gasteiger partial charge on any atom is -0.483 e. The van der Waals surface area contributed by atoms with E-state index in [4.69, 9.17) is 4.74 Å². The number of nitrogens with one attached hydrogen (secondary N) is 1. The van der Waals surface area contributed by atoms with Gasteiger partial charge in [0.2, 0.25) is 0 Å². The molecule has 0 fully saturated rings. The molecule has 0 atom stereocenters. The lowest BCUT2D eigenvalue weighted by Gasteiger charge is -2.07. The van der Waals surface area contributed by atoms with Gasteiger partial charge in [0.15, 0.2) is 6.61 Å². The van der Waals surface area contributed by atoms with Crippen LogP contribution in [0.5, 0.6) is 5.75 Å². The first-order chi connectivity index (χ1) is 10.8. The van der Waals surface area contributed by atoms with Crippen molar-refractivity contribution in [3.63, 3.8) is 0 Å². The molecule has 0 aliphatic heterocycles. The van der Waals surface area contributed by atoms with Crippen molar-refractivity contribution in [1.82, 2.24) is 5.43 Å². The van der Waals surface area contributed by atoms with Gasteiger partial charge in [0.25, 0.3) is 5.91 Å². The molecule has 1 N–H and O–H groups in total. The molecule has 2 aromatic rings. The molecule has 0 saturated heterocycles. The number of carbonyl (C=O) groups excluding carboxylic acids is 1. The SMILES string of the molecule is CN=Cc1ccccc1OCC(=O)NN=Cc1ccccc1. The molecule has 5 nitrogen and oxygen atoms in total. The second kappa shape index (κ2) is 8.36. The van der Waals surface area contributed by atoms with Crippen LogP contribution in [-0.4, -0.2) is 32.0 Å². The lowest BCUT2D eigenvalue weighted by atomic mass is 10.2. The van der Waals surface area contributed by atoms with E-state index in [-0.39, 0.29) is 12.5 Å². The van der Waals surface area contributed by atoms with Crippen molar-refractivity contribution in [2.75, 3.05) is 13.7 Å². The number of hydrogen-bond acceptors (Lipinski definition) is 4. The number of ether oxygens (including phenoxy) is 1. The van der Waals surface area contributed by atoms with Gasteiger partial charge in [-0.05, 0) is 17.7 Å². The average molecular weight is 295 g/mol. The maximum Gasteiger partial charge on any atom is 0.277 e. The summed E-state index contributed by atoms with van der Waals surface area (Å²) in [6.07, 6.45) is 3.26. The van der Waals surface area contributed by atoms with Gasteiger partial charge in [0.05, 0.1) is 6.21 Å². The predicted octanol–water partition coefficient (Wildman–Crippen LogP) is 2.26. The summed E-state index contributed by atoms with van der Waals surface area (Å²) in [4.78, 5) is 15.6. The van der Waals surface area contributed by atoms with Crippen LogP contribution in [0.2, 0.25) is 0 Å². The highest BCUT2D eigenvalue weighted by molar-refractivity contribution is 5.84. The first-order valence-electron chi connectivity index (χ1n) is 6.80. The fourth-order valence-corrected chi connectivity index (χ4v) is 1.75. The molecule has 0 unspecified atom stereocenters. The summed E-state index contributed by atoms with van der Waals surface area (Å²) in [7, 11) is 1.68. The standard InChI is InChI=1S/C17H17N3O2/c1-18-12-15-9-5-6-10-16(15)22-13-17(21)20-19-11-14-7-3-2-4-8-14/h2-12H,13H2,1H3,(H,20,21). The Balaban J connectivity index is 1.84. The van der Waals surface area contributed by atoms with Crippen LogP contribution in [0.25, 0.3) is 0 Å². The van der Waals surface area contributed by atoms with E-state index in [9.17, 15) is 4.79 Å². The number of hydrazone groups is 1. The molecule has 0 spiro atoms. The number of benzene rings is 2. The number of carbonyl (C=O) groups is 1. The topological polar surface area (TPSA) is 63.0 Å². The molecule has 0 aromatic heterocycles.